The monoisotopic (exact) mass is 426 g/mol. The Morgan fingerprint density at radius 2 is 1.61 bits per heavy atom. The SMILES string of the molecule is C[C@H](C(=O)N(C(=O)NC1CCCCC1)C1CCCCC1)N1C(=O)c2ccncc2C1=O. The molecule has 8 heteroatoms. The molecular formula is C23H30N4O4. The van der Waals surface area contributed by atoms with E-state index in [1.807, 2.05) is 0 Å². The quantitative estimate of drug-likeness (QED) is 0.745. The summed E-state index contributed by atoms with van der Waals surface area (Å²) in [6.45, 7) is 1.53. The third-order valence-corrected chi connectivity index (χ3v) is 6.79. The highest BCUT2D eigenvalue weighted by Crippen LogP contribution is 2.28. The first-order chi connectivity index (χ1) is 15.0. The predicted octanol–water partition coefficient (Wildman–Crippen LogP) is 3.27. The summed E-state index contributed by atoms with van der Waals surface area (Å²) in [5.74, 6) is -1.55. The lowest BCUT2D eigenvalue weighted by Crippen LogP contribution is -2.58. The predicted molar refractivity (Wildman–Crippen MR) is 113 cm³/mol. The molecule has 166 valence electrons. The molecule has 2 heterocycles. The van der Waals surface area contributed by atoms with Crippen molar-refractivity contribution in [1.82, 2.24) is 20.1 Å². The number of amides is 5. The molecular weight excluding hydrogens is 396 g/mol. The van der Waals surface area contributed by atoms with E-state index < -0.39 is 29.8 Å². The molecule has 1 aromatic heterocycles. The van der Waals surface area contributed by atoms with Crippen LogP contribution in [-0.4, -0.2) is 56.7 Å². The number of rotatable bonds is 4. The Morgan fingerprint density at radius 3 is 2.26 bits per heavy atom. The van der Waals surface area contributed by atoms with Crippen molar-refractivity contribution in [1.29, 1.82) is 0 Å². The van der Waals surface area contributed by atoms with Gasteiger partial charge >= 0.3 is 6.03 Å². The summed E-state index contributed by atoms with van der Waals surface area (Å²) in [6.07, 6.45) is 12.4. The molecule has 0 saturated heterocycles. The van der Waals surface area contributed by atoms with Crippen LogP contribution in [0.15, 0.2) is 18.5 Å². The van der Waals surface area contributed by atoms with E-state index in [4.69, 9.17) is 0 Å². The number of hydrogen-bond donors (Lipinski definition) is 1. The van der Waals surface area contributed by atoms with Gasteiger partial charge in [0.05, 0.1) is 11.1 Å². The van der Waals surface area contributed by atoms with Crippen LogP contribution in [0, 0.1) is 0 Å². The van der Waals surface area contributed by atoms with Gasteiger partial charge in [-0.1, -0.05) is 38.5 Å². The third kappa shape index (κ3) is 4.20. The maximum Gasteiger partial charge on any atom is 0.324 e. The summed E-state index contributed by atoms with van der Waals surface area (Å²) in [6, 6.07) is -0.105. The summed E-state index contributed by atoms with van der Waals surface area (Å²) < 4.78 is 0. The fourth-order valence-corrected chi connectivity index (χ4v) is 5.04. The van der Waals surface area contributed by atoms with Crippen LogP contribution >= 0.6 is 0 Å². The van der Waals surface area contributed by atoms with Crippen LogP contribution in [0.2, 0.25) is 0 Å². The summed E-state index contributed by atoms with van der Waals surface area (Å²) in [5.41, 5.74) is 0.443. The normalized spacial score (nSPS) is 21.0. The number of carbonyl (C=O) groups is 4. The van der Waals surface area contributed by atoms with Gasteiger partial charge in [0.2, 0.25) is 0 Å². The summed E-state index contributed by atoms with van der Waals surface area (Å²) in [7, 11) is 0. The van der Waals surface area contributed by atoms with E-state index in [0.717, 1.165) is 62.7 Å². The molecule has 1 aromatic rings. The zero-order valence-electron chi connectivity index (χ0n) is 18.0. The molecule has 1 N–H and O–H groups in total. The number of aromatic nitrogens is 1. The molecule has 0 spiro atoms. The molecule has 1 aliphatic heterocycles. The molecule has 2 fully saturated rings. The lowest BCUT2D eigenvalue weighted by molar-refractivity contribution is -0.134. The lowest BCUT2D eigenvalue weighted by atomic mass is 9.93. The zero-order chi connectivity index (χ0) is 22.0. The standard InChI is InChI=1S/C23H30N4O4/c1-15(26-21(29)18-12-13-24-14-19(18)22(26)30)20(28)27(17-10-6-3-7-11-17)23(31)25-16-8-4-2-5-9-16/h12-17H,2-11H2,1H3,(H,25,31)/t15-/m1/s1. The smallest absolute Gasteiger partial charge is 0.324 e. The molecule has 0 unspecified atom stereocenters. The average Bonchev–Trinajstić information content (AvgIpc) is 3.05. The number of pyridine rings is 1. The van der Waals surface area contributed by atoms with Gasteiger partial charge in [-0.05, 0) is 38.7 Å². The van der Waals surface area contributed by atoms with Crippen molar-refractivity contribution in [3.63, 3.8) is 0 Å². The van der Waals surface area contributed by atoms with Crippen LogP contribution in [0.5, 0.6) is 0 Å². The van der Waals surface area contributed by atoms with Crippen molar-refractivity contribution in [3.05, 3.63) is 29.6 Å². The van der Waals surface area contributed by atoms with Crippen molar-refractivity contribution in [2.45, 2.75) is 89.3 Å². The van der Waals surface area contributed by atoms with Gasteiger partial charge in [-0.15, -0.1) is 0 Å². The van der Waals surface area contributed by atoms with Crippen molar-refractivity contribution in [2.75, 3.05) is 0 Å². The average molecular weight is 427 g/mol. The van der Waals surface area contributed by atoms with Crippen molar-refractivity contribution < 1.29 is 19.2 Å². The van der Waals surface area contributed by atoms with Crippen molar-refractivity contribution in [3.8, 4) is 0 Å². The van der Waals surface area contributed by atoms with Crippen molar-refractivity contribution >= 4 is 23.8 Å². The van der Waals surface area contributed by atoms with Crippen LogP contribution in [0.4, 0.5) is 4.79 Å². The Kier molecular flexibility index (Phi) is 6.34. The number of nitrogens with one attached hydrogen (secondary N) is 1. The van der Waals surface area contributed by atoms with Crippen LogP contribution < -0.4 is 5.32 Å². The fraction of sp³-hybridized carbons (Fsp3) is 0.609. The maximum atomic E-state index is 13.6. The first kappa shape index (κ1) is 21.5. The van der Waals surface area contributed by atoms with Crippen molar-refractivity contribution in [2.24, 2.45) is 0 Å². The molecule has 3 aliphatic rings. The van der Waals surface area contributed by atoms with Gasteiger partial charge in [-0.2, -0.15) is 0 Å². The van der Waals surface area contributed by atoms with Crippen LogP contribution in [0.3, 0.4) is 0 Å². The number of imide groups is 2. The number of carbonyl (C=O) groups excluding carboxylic acids is 4. The fourth-order valence-electron chi connectivity index (χ4n) is 5.04. The summed E-state index contributed by atoms with van der Waals surface area (Å²) in [5, 5.41) is 3.05. The van der Waals surface area contributed by atoms with Gasteiger partial charge in [0.25, 0.3) is 17.7 Å². The molecule has 4 rings (SSSR count). The number of urea groups is 1. The highest BCUT2D eigenvalue weighted by atomic mass is 16.2. The Hall–Kier alpha value is -2.77. The summed E-state index contributed by atoms with van der Waals surface area (Å²) in [4.78, 5) is 58.7. The second kappa shape index (κ2) is 9.16. The van der Waals surface area contributed by atoms with E-state index in [9.17, 15) is 19.2 Å². The van der Waals surface area contributed by atoms with Gasteiger partial charge in [-0.3, -0.25) is 29.2 Å². The Labute approximate surface area is 182 Å². The topological polar surface area (TPSA) is 99.7 Å². The van der Waals surface area contributed by atoms with Crippen LogP contribution in [-0.2, 0) is 4.79 Å². The Bertz CT molecular complexity index is 839. The van der Waals surface area contributed by atoms with Gasteiger partial charge in [0.15, 0.2) is 0 Å². The molecule has 2 saturated carbocycles. The minimum atomic E-state index is -1.06. The third-order valence-electron chi connectivity index (χ3n) is 6.79. The zero-order valence-corrected chi connectivity index (χ0v) is 18.0. The second-order valence-electron chi connectivity index (χ2n) is 8.86. The Morgan fingerprint density at radius 1 is 1.00 bits per heavy atom. The minimum absolute atomic E-state index is 0.0702. The molecule has 0 bridgehead atoms. The van der Waals surface area contributed by atoms with E-state index in [2.05, 4.69) is 10.3 Å². The molecule has 1 atom stereocenters. The van der Waals surface area contributed by atoms with E-state index in [1.54, 1.807) is 0 Å². The van der Waals surface area contributed by atoms with Gasteiger partial charge < -0.3 is 5.32 Å². The highest BCUT2D eigenvalue weighted by Gasteiger charge is 2.44. The van der Waals surface area contributed by atoms with Gasteiger partial charge in [-0.25, -0.2) is 4.79 Å². The minimum Gasteiger partial charge on any atom is -0.335 e. The molecule has 0 radical (unpaired) electrons. The first-order valence-electron chi connectivity index (χ1n) is 11.4. The Balaban J connectivity index is 1.55. The lowest BCUT2D eigenvalue weighted by Gasteiger charge is -2.37. The van der Waals surface area contributed by atoms with Gasteiger partial charge in [0.1, 0.15) is 6.04 Å². The van der Waals surface area contributed by atoms with E-state index in [0.29, 0.717) is 0 Å². The van der Waals surface area contributed by atoms with Crippen LogP contribution in [0.25, 0.3) is 0 Å². The maximum absolute atomic E-state index is 13.6. The molecule has 0 aromatic carbocycles. The second-order valence-corrected chi connectivity index (χ2v) is 8.86. The summed E-state index contributed by atoms with van der Waals surface area (Å²) >= 11 is 0. The van der Waals surface area contributed by atoms with E-state index >= 15 is 0 Å². The number of hydrogen-bond acceptors (Lipinski definition) is 5. The van der Waals surface area contributed by atoms with E-state index in [-0.39, 0.29) is 23.2 Å². The van der Waals surface area contributed by atoms with Crippen LogP contribution in [0.1, 0.15) is 91.8 Å². The molecule has 5 amide bonds. The number of fused-ring (bicyclic) bond motifs is 1. The van der Waals surface area contributed by atoms with E-state index in [1.165, 1.54) is 36.7 Å². The molecule has 8 nitrogen and oxygen atoms in total. The molecule has 2 aliphatic carbocycles. The largest absolute Gasteiger partial charge is 0.335 e. The first-order valence-corrected chi connectivity index (χ1v) is 11.4. The number of nitrogens with zero attached hydrogens (tertiary/aromatic N) is 3. The molecule has 31 heavy (non-hydrogen) atoms. The van der Waals surface area contributed by atoms with Gasteiger partial charge in [0, 0.05) is 24.5 Å². The highest BCUT2D eigenvalue weighted by molar-refractivity contribution is 6.23.